The second-order valence-corrected chi connectivity index (χ2v) is 10.5. The van der Waals surface area contributed by atoms with Crippen molar-refractivity contribution in [1.29, 1.82) is 5.26 Å². The summed E-state index contributed by atoms with van der Waals surface area (Å²) < 4.78 is 28.8. The molecule has 13 heteroatoms. The van der Waals surface area contributed by atoms with Crippen molar-refractivity contribution in [2.45, 2.75) is 31.5 Å². The van der Waals surface area contributed by atoms with Crippen LogP contribution in [0.2, 0.25) is 10.0 Å². The minimum atomic E-state index is -4.01. The van der Waals surface area contributed by atoms with Crippen LogP contribution in [-0.2, 0) is 4.79 Å². The Morgan fingerprint density at radius 1 is 1.12 bits per heavy atom. The van der Waals surface area contributed by atoms with Gasteiger partial charge in [-0.25, -0.2) is 5.01 Å². The number of hydrogen-bond donors (Lipinski definition) is 5. The molecular formula is C30H26Cl2F2N8O. The van der Waals surface area contributed by atoms with Crippen molar-refractivity contribution >= 4 is 51.4 Å². The van der Waals surface area contributed by atoms with Crippen LogP contribution < -0.4 is 27.3 Å². The Morgan fingerprint density at radius 3 is 2.51 bits per heavy atom. The molecule has 1 aromatic heterocycles. The number of alkyl halides is 2. The average Bonchev–Trinajstić information content (AvgIpc) is 3.50. The standard InChI is InChI=1S/C30H26Cl2F2N8O/c1-2-24(17-8-4-3-5-9-17)39-26-18(14-35)15-37-27-21(26)12-19(13-23(27)32)38-28(20-10-6-7-11-22(20)31)25-16-42(41-40-25)30(33,34)29(36)43/h3-13,15-16,24,28,38,40-41H,2H2,1H3,(H2,36,43)(H,37,39)/t24-,28+/m1/s1. The van der Waals surface area contributed by atoms with E-state index in [9.17, 15) is 18.8 Å². The maximum Gasteiger partial charge on any atom is 0.418 e. The molecule has 1 aliphatic heterocycles. The van der Waals surface area contributed by atoms with E-state index in [1.807, 2.05) is 37.3 Å². The number of fused-ring (bicyclic) bond motifs is 1. The van der Waals surface area contributed by atoms with Gasteiger partial charge in [0.1, 0.15) is 6.07 Å². The molecule has 0 bridgehead atoms. The molecule has 4 aromatic rings. The number of benzene rings is 3. The van der Waals surface area contributed by atoms with Crippen LogP contribution in [0.4, 0.5) is 20.2 Å². The van der Waals surface area contributed by atoms with Gasteiger partial charge in [-0.05, 0) is 35.7 Å². The number of carbonyl (C=O) groups excluding carboxylic acids is 1. The van der Waals surface area contributed by atoms with Crippen LogP contribution in [-0.4, -0.2) is 21.9 Å². The fraction of sp³-hybridized carbons (Fsp3) is 0.167. The Morgan fingerprint density at radius 2 is 1.84 bits per heavy atom. The lowest BCUT2D eigenvalue weighted by Gasteiger charge is -2.24. The average molecular weight is 623 g/mol. The zero-order chi connectivity index (χ0) is 30.7. The first-order valence-electron chi connectivity index (χ1n) is 13.2. The largest absolute Gasteiger partial charge is 0.418 e. The molecule has 9 nitrogen and oxygen atoms in total. The Bertz CT molecular complexity index is 1750. The third kappa shape index (κ3) is 5.99. The maximum atomic E-state index is 14.4. The van der Waals surface area contributed by atoms with E-state index in [0.29, 0.717) is 43.4 Å². The third-order valence-electron chi connectivity index (χ3n) is 7.00. The topological polar surface area (TPSA) is 131 Å². The number of rotatable bonds is 10. The molecule has 0 radical (unpaired) electrons. The molecule has 0 saturated carbocycles. The van der Waals surface area contributed by atoms with Crippen LogP contribution in [0.1, 0.15) is 42.1 Å². The number of carbonyl (C=O) groups is 1. The number of nitrogens with one attached hydrogen (secondary N) is 4. The lowest BCUT2D eigenvalue weighted by molar-refractivity contribution is -0.174. The molecule has 1 amide bonds. The van der Waals surface area contributed by atoms with Gasteiger partial charge in [0.25, 0.3) is 0 Å². The normalized spacial score (nSPS) is 14.4. The zero-order valence-corrected chi connectivity index (χ0v) is 24.2. The van der Waals surface area contributed by atoms with E-state index in [1.165, 1.54) is 6.20 Å². The van der Waals surface area contributed by atoms with Crippen molar-refractivity contribution in [3.63, 3.8) is 0 Å². The molecule has 1 aliphatic rings. The fourth-order valence-electron chi connectivity index (χ4n) is 4.81. The van der Waals surface area contributed by atoms with Gasteiger partial charge < -0.3 is 21.8 Å². The molecule has 220 valence electrons. The van der Waals surface area contributed by atoms with E-state index >= 15 is 0 Å². The number of nitriles is 1. The second-order valence-electron chi connectivity index (χ2n) is 9.72. The lowest BCUT2D eigenvalue weighted by Crippen LogP contribution is -2.54. The van der Waals surface area contributed by atoms with Crippen molar-refractivity contribution < 1.29 is 13.6 Å². The summed E-state index contributed by atoms with van der Waals surface area (Å²) >= 11 is 13.2. The third-order valence-corrected chi connectivity index (χ3v) is 7.63. The number of pyridine rings is 1. The first-order chi connectivity index (χ1) is 20.6. The minimum absolute atomic E-state index is 0.109. The van der Waals surface area contributed by atoms with Gasteiger partial charge in [0.05, 0.1) is 39.6 Å². The van der Waals surface area contributed by atoms with Gasteiger partial charge in [-0.3, -0.25) is 9.78 Å². The fourth-order valence-corrected chi connectivity index (χ4v) is 5.32. The van der Waals surface area contributed by atoms with E-state index in [-0.39, 0.29) is 16.7 Å². The minimum Gasteiger partial charge on any atom is -0.377 e. The van der Waals surface area contributed by atoms with Gasteiger partial charge in [-0.1, -0.05) is 78.7 Å². The monoisotopic (exact) mass is 622 g/mol. The van der Waals surface area contributed by atoms with Gasteiger partial charge in [0.15, 0.2) is 0 Å². The van der Waals surface area contributed by atoms with Crippen LogP contribution in [0.3, 0.4) is 0 Å². The van der Waals surface area contributed by atoms with Gasteiger partial charge in [0.2, 0.25) is 0 Å². The Labute approximate surface area is 256 Å². The number of halogens is 4. The van der Waals surface area contributed by atoms with Gasteiger partial charge >= 0.3 is 12.0 Å². The predicted octanol–water partition coefficient (Wildman–Crippen LogP) is 6.37. The Balaban J connectivity index is 1.60. The van der Waals surface area contributed by atoms with Crippen molar-refractivity contribution in [2.75, 3.05) is 10.6 Å². The lowest BCUT2D eigenvalue weighted by atomic mass is 10.0. The molecule has 5 rings (SSSR count). The summed E-state index contributed by atoms with van der Waals surface area (Å²) in [6.45, 7) is 2.04. The summed E-state index contributed by atoms with van der Waals surface area (Å²) in [4.78, 5) is 15.8. The van der Waals surface area contributed by atoms with E-state index in [2.05, 4.69) is 32.6 Å². The Hall–Kier alpha value is -4.63. The highest BCUT2D eigenvalue weighted by Crippen LogP contribution is 2.38. The molecule has 3 aromatic carbocycles. The number of nitrogens with zero attached hydrogens (tertiary/aromatic N) is 3. The Kier molecular flexibility index (Phi) is 8.54. The smallest absolute Gasteiger partial charge is 0.377 e. The van der Waals surface area contributed by atoms with Crippen molar-refractivity contribution in [3.05, 3.63) is 112 Å². The molecule has 0 aliphatic carbocycles. The second kappa shape index (κ2) is 12.3. The van der Waals surface area contributed by atoms with E-state index in [0.717, 1.165) is 18.2 Å². The van der Waals surface area contributed by atoms with Crippen LogP contribution in [0, 0.1) is 11.3 Å². The quantitative estimate of drug-likeness (QED) is 0.129. The van der Waals surface area contributed by atoms with Crippen LogP contribution in [0.25, 0.3) is 10.9 Å². The van der Waals surface area contributed by atoms with Gasteiger partial charge in [-0.15, -0.1) is 5.53 Å². The SMILES string of the molecule is CC[C@@H](Nc1c(C#N)cnc2c(Cl)cc(N[C@H](C3=CN(C(F)(F)C(N)=O)NN3)c3ccccc3Cl)cc12)c1ccccc1. The highest BCUT2D eigenvalue weighted by atomic mass is 35.5. The first kappa shape index (κ1) is 29.8. The van der Waals surface area contributed by atoms with Crippen LogP contribution >= 0.6 is 23.2 Å². The number of nitrogens with two attached hydrogens (primary N) is 1. The van der Waals surface area contributed by atoms with Crippen molar-refractivity contribution in [2.24, 2.45) is 5.73 Å². The van der Waals surface area contributed by atoms with Gasteiger partial charge in [0, 0.05) is 28.5 Å². The van der Waals surface area contributed by atoms with Gasteiger partial charge in [-0.2, -0.15) is 14.0 Å². The summed E-state index contributed by atoms with van der Waals surface area (Å²) in [6.07, 6.45) is 3.24. The molecule has 2 heterocycles. The van der Waals surface area contributed by atoms with E-state index in [1.54, 1.807) is 36.4 Å². The summed E-state index contributed by atoms with van der Waals surface area (Å²) in [5.41, 5.74) is 13.5. The summed E-state index contributed by atoms with van der Waals surface area (Å²) in [5, 5.41) is 18.3. The van der Waals surface area contributed by atoms with Crippen molar-refractivity contribution in [3.8, 4) is 6.07 Å². The van der Waals surface area contributed by atoms with Crippen molar-refractivity contribution in [1.82, 2.24) is 21.0 Å². The molecular weight excluding hydrogens is 597 g/mol. The van der Waals surface area contributed by atoms with E-state index < -0.39 is 18.0 Å². The molecule has 43 heavy (non-hydrogen) atoms. The molecule has 2 atom stereocenters. The first-order valence-corrected chi connectivity index (χ1v) is 13.9. The highest BCUT2D eigenvalue weighted by molar-refractivity contribution is 6.36. The summed E-state index contributed by atoms with van der Waals surface area (Å²) in [7, 11) is 0. The predicted molar refractivity (Wildman–Crippen MR) is 163 cm³/mol. The summed E-state index contributed by atoms with van der Waals surface area (Å²) in [6, 6.07) is 17.4. The van der Waals surface area contributed by atoms with Crippen LogP contribution in [0.5, 0.6) is 0 Å². The molecule has 6 N–H and O–H groups in total. The number of hydrogen-bond acceptors (Lipinski definition) is 8. The molecule has 0 fully saturated rings. The maximum absolute atomic E-state index is 14.4. The van der Waals surface area contributed by atoms with E-state index in [4.69, 9.17) is 28.9 Å². The number of primary amides is 1. The number of hydrazine groups is 2. The molecule has 0 spiro atoms. The summed E-state index contributed by atoms with van der Waals surface area (Å²) in [5.74, 6) is -1.83. The molecule has 0 saturated heterocycles. The molecule has 0 unspecified atom stereocenters. The van der Waals surface area contributed by atoms with Crippen LogP contribution in [0.15, 0.2) is 84.8 Å². The number of amides is 1. The zero-order valence-electron chi connectivity index (χ0n) is 22.7. The number of anilines is 2. The highest BCUT2D eigenvalue weighted by Gasteiger charge is 2.45. The number of aromatic nitrogens is 1.